The molecule has 0 heterocycles. The fourth-order valence-corrected chi connectivity index (χ4v) is 14.7. The minimum Gasteiger partial charge on any atom is -0.455 e. The molecule has 0 aliphatic heterocycles. The van der Waals surface area contributed by atoms with Gasteiger partial charge in [0.15, 0.2) is 16.6 Å². The average molecular weight is 499 g/mol. The summed E-state index contributed by atoms with van der Waals surface area (Å²) >= 11 is 2.58. The summed E-state index contributed by atoms with van der Waals surface area (Å²) in [6.45, 7) is 11.9. The lowest BCUT2D eigenvalue weighted by atomic mass is 10.2. The second-order valence-electron chi connectivity index (χ2n) is 8.61. The van der Waals surface area contributed by atoms with E-state index in [-0.39, 0.29) is 0 Å². The van der Waals surface area contributed by atoms with Gasteiger partial charge in [-0.25, -0.2) is 0 Å². The van der Waals surface area contributed by atoms with Crippen molar-refractivity contribution >= 4 is 39.2 Å². The zero-order valence-corrected chi connectivity index (χ0v) is 22.3. The summed E-state index contributed by atoms with van der Waals surface area (Å²) in [5.74, 6) is 0. The summed E-state index contributed by atoms with van der Waals surface area (Å²) in [5, 5.41) is 0. The Kier molecular flexibility index (Phi) is 16.8. The molecule has 0 amide bonds. The highest BCUT2D eigenvalue weighted by Gasteiger charge is 2.38. The Morgan fingerprint density at radius 2 is 0.960 bits per heavy atom. The maximum atomic E-state index is 7.19. The second kappa shape index (κ2) is 16.1. The van der Waals surface area contributed by atoms with Gasteiger partial charge in [0, 0.05) is 4.05 Å². The Hall–Kier alpha value is 1.12. The van der Waals surface area contributed by atoms with Crippen LogP contribution in [0, 0.1) is 0 Å². The van der Waals surface area contributed by atoms with Crippen molar-refractivity contribution in [3.63, 3.8) is 0 Å². The van der Waals surface area contributed by atoms with Crippen molar-refractivity contribution < 1.29 is 4.12 Å². The summed E-state index contributed by atoms with van der Waals surface area (Å²) in [4.78, 5) is 0. The van der Waals surface area contributed by atoms with Crippen LogP contribution in [0.25, 0.3) is 0 Å². The number of hydrogen-bond donors (Lipinski definition) is 0. The summed E-state index contributed by atoms with van der Waals surface area (Å²) in [5.41, 5.74) is 0. The van der Waals surface area contributed by atoms with Crippen LogP contribution >= 0.6 is 22.6 Å². The number of alkyl halides is 1. The molecule has 0 saturated carbocycles. The molecule has 0 bridgehead atoms. The number of halogens is 1. The Morgan fingerprint density at radius 1 is 0.600 bits per heavy atom. The van der Waals surface area contributed by atoms with E-state index in [0.717, 1.165) is 0 Å². The molecule has 0 radical (unpaired) electrons. The highest BCUT2D eigenvalue weighted by atomic mass is 127. The SMILES string of the molecule is CCCCCC[Si](CCCCCC)(CCCCCC)O[Si](C)(C)CI. The topological polar surface area (TPSA) is 9.23 Å². The molecule has 0 saturated heterocycles. The summed E-state index contributed by atoms with van der Waals surface area (Å²) in [6, 6.07) is 4.33. The van der Waals surface area contributed by atoms with Gasteiger partial charge in [-0.3, -0.25) is 0 Å². The van der Waals surface area contributed by atoms with E-state index >= 15 is 0 Å². The molecule has 25 heavy (non-hydrogen) atoms. The van der Waals surface area contributed by atoms with E-state index < -0.39 is 16.6 Å². The second-order valence-corrected chi connectivity index (χ2v) is 19.4. The minimum atomic E-state index is -1.54. The molecule has 0 aromatic heterocycles. The predicted octanol–water partition coefficient (Wildman–Crippen LogP) is 8.87. The molecule has 0 aliphatic rings. The van der Waals surface area contributed by atoms with Crippen LogP contribution in [0.5, 0.6) is 0 Å². The van der Waals surface area contributed by atoms with Crippen molar-refractivity contribution in [2.75, 3.05) is 4.05 Å². The Morgan fingerprint density at radius 3 is 1.24 bits per heavy atom. The molecule has 4 heteroatoms. The van der Waals surface area contributed by atoms with E-state index in [2.05, 4.69) is 56.5 Å². The smallest absolute Gasteiger partial charge is 0.183 e. The summed E-state index contributed by atoms with van der Waals surface area (Å²) < 4.78 is 8.43. The fourth-order valence-electron chi connectivity index (χ4n) is 3.76. The first-order valence-electron chi connectivity index (χ1n) is 11.2. The normalized spacial score (nSPS) is 12.7. The van der Waals surface area contributed by atoms with Crippen LogP contribution in [0.2, 0.25) is 31.2 Å². The molecule has 0 atom stereocenters. The van der Waals surface area contributed by atoms with Gasteiger partial charge in [0.25, 0.3) is 0 Å². The van der Waals surface area contributed by atoms with Gasteiger partial charge in [-0.2, -0.15) is 0 Å². The first-order chi connectivity index (χ1) is 11.9. The van der Waals surface area contributed by atoms with Crippen molar-refractivity contribution in [1.82, 2.24) is 0 Å². The zero-order chi connectivity index (χ0) is 19.0. The molecule has 152 valence electrons. The van der Waals surface area contributed by atoms with E-state index in [4.69, 9.17) is 4.12 Å². The van der Waals surface area contributed by atoms with Crippen LogP contribution in [0.3, 0.4) is 0 Å². The Bertz CT molecular complexity index is 266. The van der Waals surface area contributed by atoms with Gasteiger partial charge in [0.1, 0.15) is 0 Å². The largest absolute Gasteiger partial charge is 0.455 e. The van der Waals surface area contributed by atoms with Gasteiger partial charge in [0.2, 0.25) is 0 Å². The first kappa shape index (κ1) is 26.1. The molecule has 0 spiro atoms. The van der Waals surface area contributed by atoms with Gasteiger partial charge in [-0.15, -0.1) is 0 Å². The van der Waals surface area contributed by atoms with E-state index in [1.807, 2.05) is 0 Å². The number of rotatable bonds is 18. The van der Waals surface area contributed by atoms with Gasteiger partial charge < -0.3 is 4.12 Å². The fraction of sp³-hybridized carbons (Fsp3) is 1.00. The van der Waals surface area contributed by atoms with Crippen LogP contribution in [-0.4, -0.2) is 20.7 Å². The van der Waals surface area contributed by atoms with Crippen molar-refractivity contribution in [2.45, 2.75) is 129 Å². The van der Waals surface area contributed by atoms with Crippen molar-refractivity contribution in [2.24, 2.45) is 0 Å². The quantitative estimate of drug-likeness (QED) is 0.0793. The van der Waals surface area contributed by atoms with E-state index in [9.17, 15) is 0 Å². The van der Waals surface area contributed by atoms with Crippen LogP contribution < -0.4 is 0 Å². The first-order valence-corrected chi connectivity index (χ1v) is 18.4. The van der Waals surface area contributed by atoms with Crippen LogP contribution in [0.15, 0.2) is 0 Å². The molecule has 0 N–H and O–H groups in total. The molecule has 0 aromatic rings. The molecular weight excluding hydrogens is 451 g/mol. The summed E-state index contributed by atoms with van der Waals surface area (Å²) in [7, 11) is -3.01. The lowest BCUT2D eigenvalue weighted by Gasteiger charge is -2.39. The minimum absolute atomic E-state index is 1.25. The van der Waals surface area contributed by atoms with Gasteiger partial charge >= 0.3 is 0 Å². The van der Waals surface area contributed by atoms with E-state index in [1.54, 1.807) is 0 Å². The zero-order valence-electron chi connectivity index (χ0n) is 18.1. The molecule has 0 aliphatic carbocycles. The van der Waals surface area contributed by atoms with E-state index in [1.165, 1.54) is 99.2 Å². The predicted molar refractivity (Wildman–Crippen MR) is 130 cm³/mol. The molecule has 1 nitrogen and oxygen atoms in total. The highest BCUT2D eigenvalue weighted by Crippen LogP contribution is 2.34. The molecule has 0 fully saturated rings. The lowest BCUT2D eigenvalue weighted by Crippen LogP contribution is -2.49. The summed E-state index contributed by atoms with van der Waals surface area (Å²) in [6.07, 6.45) is 16.8. The highest BCUT2D eigenvalue weighted by molar-refractivity contribution is 14.1. The Balaban J connectivity index is 4.93. The standard InChI is InChI=1S/C21H47IOSi2/c1-6-9-12-15-18-25(19-16-13-10-7-2,20-17-14-11-8-3)23-24(4,5)21-22/h6-21H2,1-5H3. The van der Waals surface area contributed by atoms with Crippen LogP contribution in [-0.2, 0) is 4.12 Å². The van der Waals surface area contributed by atoms with Crippen molar-refractivity contribution in [3.8, 4) is 0 Å². The van der Waals surface area contributed by atoms with Crippen molar-refractivity contribution in [1.29, 1.82) is 0 Å². The molecule has 0 unspecified atom stereocenters. The molecular formula is C21H47IOSi2. The van der Waals surface area contributed by atoms with Gasteiger partial charge in [0.05, 0.1) is 0 Å². The third-order valence-corrected chi connectivity index (χ3v) is 19.2. The monoisotopic (exact) mass is 498 g/mol. The van der Waals surface area contributed by atoms with Crippen LogP contribution in [0.4, 0.5) is 0 Å². The third kappa shape index (κ3) is 13.9. The van der Waals surface area contributed by atoms with Gasteiger partial charge in [-0.05, 0) is 31.2 Å². The average Bonchev–Trinajstić information content (AvgIpc) is 2.59. The maximum Gasteiger partial charge on any atom is 0.183 e. The van der Waals surface area contributed by atoms with Gasteiger partial charge in [-0.1, -0.05) is 120 Å². The van der Waals surface area contributed by atoms with Crippen molar-refractivity contribution in [3.05, 3.63) is 0 Å². The number of hydrogen-bond acceptors (Lipinski definition) is 1. The molecule has 0 aromatic carbocycles. The molecule has 0 rings (SSSR count). The van der Waals surface area contributed by atoms with E-state index in [0.29, 0.717) is 0 Å². The Labute approximate surface area is 175 Å². The van der Waals surface area contributed by atoms with Crippen LogP contribution in [0.1, 0.15) is 97.8 Å². The number of unbranched alkanes of at least 4 members (excludes halogenated alkanes) is 9. The third-order valence-electron chi connectivity index (χ3n) is 5.27. The lowest BCUT2D eigenvalue weighted by molar-refractivity contribution is 0.501. The maximum absolute atomic E-state index is 7.19.